The fraction of sp³-hybridized carbons (Fsp3) is 1.00. The van der Waals surface area contributed by atoms with Crippen LogP contribution >= 0.6 is 17.0 Å². The molecule has 0 bridgehead atoms. The topological polar surface area (TPSA) is 36.9 Å². The molecule has 0 saturated carbocycles. The first kappa shape index (κ1) is 14.8. The van der Waals surface area contributed by atoms with Crippen LogP contribution in [0, 0.1) is 0 Å². The predicted molar refractivity (Wildman–Crippen MR) is 68.7 cm³/mol. The van der Waals surface area contributed by atoms with Crippen LogP contribution in [0.4, 0.5) is 0 Å². The van der Waals surface area contributed by atoms with Crippen LogP contribution in [0.3, 0.4) is 0 Å². The van der Waals surface area contributed by atoms with Crippen molar-refractivity contribution >= 4 is 17.0 Å². The van der Waals surface area contributed by atoms with Gasteiger partial charge in [-0.3, -0.25) is 0 Å². The molecule has 1 fully saturated rings. The average molecular weight is 268 g/mol. The van der Waals surface area contributed by atoms with Crippen molar-refractivity contribution < 1.29 is 18.5 Å². The predicted octanol–water partition coefficient (Wildman–Crippen LogP) is 2.42. The van der Waals surface area contributed by atoms with E-state index in [0.29, 0.717) is 15.4 Å². The van der Waals surface area contributed by atoms with Gasteiger partial charge < -0.3 is 18.5 Å². The van der Waals surface area contributed by atoms with Crippen molar-refractivity contribution in [3.63, 3.8) is 0 Å². The molecular weight excluding hydrogens is 246 g/mol. The van der Waals surface area contributed by atoms with Crippen LogP contribution in [-0.4, -0.2) is 52.2 Å². The summed E-state index contributed by atoms with van der Waals surface area (Å²) in [5.74, 6) is 0. The second-order valence-electron chi connectivity index (χ2n) is 3.91. The molecule has 6 heteroatoms. The van der Waals surface area contributed by atoms with Crippen molar-refractivity contribution in [3.8, 4) is 0 Å². The molecule has 4 unspecified atom stereocenters. The van der Waals surface area contributed by atoms with E-state index in [9.17, 15) is 0 Å². The Balaban J connectivity index is 2.33. The lowest BCUT2D eigenvalue weighted by Gasteiger charge is -2.35. The highest BCUT2D eigenvalue weighted by Gasteiger charge is 2.32. The average Bonchev–Trinajstić information content (AvgIpc) is 2.28. The van der Waals surface area contributed by atoms with Crippen LogP contribution in [0.15, 0.2) is 0 Å². The van der Waals surface area contributed by atoms with E-state index in [0.717, 1.165) is 12.8 Å². The number of hydrogen-bond acceptors (Lipinski definition) is 4. The minimum absolute atomic E-state index is 0.0781. The zero-order valence-corrected chi connectivity index (χ0v) is 12.3. The van der Waals surface area contributed by atoms with E-state index >= 15 is 0 Å². The second-order valence-corrected chi connectivity index (χ2v) is 6.43. The molecule has 16 heavy (non-hydrogen) atoms. The number of rotatable bonds is 6. The lowest BCUT2D eigenvalue weighted by Crippen LogP contribution is -2.42. The summed E-state index contributed by atoms with van der Waals surface area (Å²) in [4.78, 5) is 0. The maximum atomic E-state index is 5.79. The molecule has 4 nitrogen and oxygen atoms in total. The molecular formula is C10H22O4P2. The normalized spacial score (nSPS) is 31.7. The third-order valence-corrected chi connectivity index (χ3v) is 3.63. The van der Waals surface area contributed by atoms with Crippen LogP contribution < -0.4 is 0 Å². The molecule has 1 heterocycles. The van der Waals surface area contributed by atoms with Crippen LogP contribution in [-0.2, 0) is 18.5 Å². The molecule has 4 atom stereocenters. The van der Waals surface area contributed by atoms with Crippen molar-refractivity contribution in [2.24, 2.45) is 0 Å². The lowest BCUT2D eigenvalue weighted by atomic mass is 10.1. The van der Waals surface area contributed by atoms with E-state index in [-0.39, 0.29) is 26.6 Å². The van der Waals surface area contributed by atoms with Gasteiger partial charge in [0.25, 0.3) is 0 Å². The Hall–Kier alpha value is 0.700. The van der Waals surface area contributed by atoms with Gasteiger partial charge >= 0.3 is 0 Å². The van der Waals surface area contributed by atoms with Gasteiger partial charge in [0.1, 0.15) is 6.10 Å². The van der Waals surface area contributed by atoms with Gasteiger partial charge in [0.05, 0.1) is 12.7 Å². The Morgan fingerprint density at radius 1 is 1.38 bits per heavy atom. The Morgan fingerprint density at radius 3 is 2.69 bits per heavy atom. The zero-order chi connectivity index (χ0) is 12.0. The third-order valence-electron chi connectivity index (χ3n) is 2.42. The summed E-state index contributed by atoms with van der Waals surface area (Å²) in [6, 6.07) is 0. The smallest absolute Gasteiger partial charge is 0.184 e. The van der Waals surface area contributed by atoms with Gasteiger partial charge in [0.2, 0.25) is 0 Å². The Morgan fingerprint density at radius 2 is 2.12 bits per heavy atom. The molecule has 0 spiro atoms. The lowest BCUT2D eigenvalue weighted by molar-refractivity contribution is -0.225. The van der Waals surface area contributed by atoms with E-state index in [1.54, 1.807) is 7.11 Å². The minimum Gasteiger partial charge on any atom is -0.357 e. The second kappa shape index (κ2) is 7.92. The monoisotopic (exact) mass is 268 g/mol. The van der Waals surface area contributed by atoms with E-state index in [1.807, 2.05) is 6.66 Å². The molecule has 0 aromatic carbocycles. The maximum absolute atomic E-state index is 5.79. The quantitative estimate of drug-likeness (QED) is 0.693. The standard InChI is InChI=1S/C10H22O4P2/c1-11-10-9(14-15-2)6-5-8(13-10)7-12-16(3)4/h8-10,15H,5-7H2,1-4H3. The summed E-state index contributed by atoms with van der Waals surface area (Å²) in [5.41, 5.74) is 0. The molecule has 0 aromatic heterocycles. The van der Waals surface area contributed by atoms with Gasteiger partial charge in [-0.15, -0.1) is 0 Å². The highest BCUT2D eigenvalue weighted by Crippen LogP contribution is 2.30. The fourth-order valence-electron chi connectivity index (χ4n) is 1.66. The number of methoxy groups -OCH3 is 1. The Kier molecular flexibility index (Phi) is 7.30. The largest absolute Gasteiger partial charge is 0.357 e. The molecule has 1 aliphatic rings. The van der Waals surface area contributed by atoms with Crippen molar-refractivity contribution in [2.75, 3.05) is 33.7 Å². The van der Waals surface area contributed by atoms with Gasteiger partial charge in [0, 0.05) is 24.1 Å². The van der Waals surface area contributed by atoms with Crippen LogP contribution in [0.2, 0.25) is 0 Å². The summed E-state index contributed by atoms with van der Waals surface area (Å²) in [6.45, 7) is 6.87. The first-order chi connectivity index (χ1) is 7.67. The molecule has 0 amide bonds. The summed E-state index contributed by atoms with van der Waals surface area (Å²) >= 11 is 0. The van der Waals surface area contributed by atoms with E-state index in [1.165, 1.54) is 0 Å². The highest BCUT2D eigenvalue weighted by atomic mass is 31.1. The van der Waals surface area contributed by atoms with Crippen molar-refractivity contribution in [1.29, 1.82) is 0 Å². The SMILES string of the molecule is COC1OC(COP(C)C)CCC1OPC. The summed E-state index contributed by atoms with van der Waals surface area (Å²) in [6.07, 6.45) is 1.95. The Labute approximate surface area is 101 Å². The van der Waals surface area contributed by atoms with Crippen molar-refractivity contribution in [1.82, 2.24) is 0 Å². The zero-order valence-electron chi connectivity index (χ0n) is 10.4. The van der Waals surface area contributed by atoms with Crippen LogP contribution in [0.25, 0.3) is 0 Å². The molecule has 0 aromatic rings. The van der Waals surface area contributed by atoms with Gasteiger partial charge in [-0.1, -0.05) is 0 Å². The van der Waals surface area contributed by atoms with Gasteiger partial charge in [0.15, 0.2) is 6.29 Å². The molecule has 1 saturated heterocycles. The minimum atomic E-state index is -0.312. The summed E-state index contributed by atoms with van der Waals surface area (Å²) in [5, 5.41) is 0. The van der Waals surface area contributed by atoms with E-state index < -0.39 is 0 Å². The molecule has 0 radical (unpaired) electrons. The highest BCUT2D eigenvalue weighted by molar-refractivity contribution is 7.50. The first-order valence-electron chi connectivity index (χ1n) is 5.48. The van der Waals surface area contributed by atoms with Crippen LogP contribution in [0.5, 0.6) is 0 Å². The van der Waals surface area contributed by atoms with Gasteiger partial charge in [-0.05, 0) is 32.8 Å². The molecule has 0 N–H and O–H groups in total. The van der Waals surface area contributed by atoms with Gasteiger partial charge in [-0.25, -0.2) is 0 Å². The first-order valence-corrected chi connectivity index (χ1v) is 9.04. The molecule has 0 aliphatic carbocycles. The van der Waals surface area contributed by atoms with E-state index in [2.05, 4.69) is 13.3 Å². The van der Waals surface area contributed by atoms with E-state index in [4.69, 9.17) is 18.5 Å². The van der Waals surface area contributed by atoms with Crippen LogP contribution in [0.1, 0.15) is 12.8 Å². The number of hydrogen-bond donors (Lipinski definition) is 0. The summed E-state index contributed by atoms with van der Waals surface area (Å²) < 4.78 is 22.3. The van der Waals surface area contributed by atoms with Crippen molar-refractivity contribution in [3.05, 3.63) is 0 Å². The molecule has 1 rings (SSSR count). The van der Waals surface area contributed by atoms with Crippen molar-refractivity contribution in [2.45, 2.75) is 31.3 Å². The Bertz CT molecular complexity index is 192. The molecule has 1 aliphatic heterocycles. The maximum Gasteiger partial charge on any atom is 0.184 e. The third kappa shape index (κ3) is 4.91. The summed E-state index contributed by atoms with van der Waals surface area (Å²) in [7, 11) is 1.83. The molecule has 96 valence electrons. The number of ether oxygens (including phenoxy) is 2. The fourth-order valence-corrected chi connectivity index (χ4v) is 2.66. The van der Waals surface area contributed by atoms with Gasteiger partial charge in [-0.2, -0.15) is 0 Å².